The Morgan fingerprint density at radius 1 is 1.45 bits per heavy atom. The third kappa shape index (κ3) is 1.88. The lowest BCUT2D eigenvalue weighted by molar-refractivity contribution is 0.623. The Hall–Kier alpha value is -1.31. The highest BCUT2D eigenvalue weighted by Gasteiger charge is 2.21. The van der Waals surface area contributed by atoms with E-state index in [1.54, 1.807) is 11.8 Å². The van der Waals surface area contributed by atoms with Crippen molar-refractivity contribution in [2.45, 2.75) is 6.04 Å². The van der Waals surface area contributed by atoms with Crippen LogP contribution >= 0.6 is 27.7 Å². The molecule has 1 aliphatic rings. The molecular weight excluding hydrogens is 342 g/mol. The number of hydrogen-bond donors (Lipinski definition) is 2. The van der Waals surface area contributed by atoms with Gasteiger partial charge in [-0.1, -0.05) is 15.9 Å². The van der Waals surface area contributed by atoms with Crippen molar-refractivity contribution in [2.75, 3.05) is 11.6 Å². The number of furan rings is 1. The molecule has 1 atom stereocenters. The van der Waals surface area contributed by atoms with Crippen molar-refractivity contribution in [3.05, 3.63) is 38.9 Å². The molecule has 1 fully saturated rings. The number of aromatic nitrogens is 2. The number of halogens is 1. The second kappa shape index (κ2) is 4.61. The van der Waals surface area contributed by atoms with E-state index in [1.165, 1.54) is 0 Å². The standard InChI is InChI=1S/C13H10BrN3O2S/c14-6-1-2-9-7(3-6)10-11(19-9)13(18)17-12(16-10)8-4-20-5-15-8/h1-3,8,15H,4-5H2,(H,16,17,18)/t8-/m0/s1. The monoisotopic (exact) mass is 351 g/mol. The molecule has 1 aliphatic heterocycles. The van der Waals surface area contributed by atoms with Crippen molar-refractivity contribution >= 4 is 49.8 Å². The molecule has 102 valence electrons. The Labute approximate surface area is 126 Å². The van der Waals surface area contributed by atoms with Gasteiger partial charge in [-0.15, -0.1) is 11.8 Å². The molecule has 5 nitrogen and oxygen atoms in total. The topological polar surface area (TPSA) is 70.9 Å². The molecule has 3 aromatic rings. The number of fused-ring (bicyclic) bond motifs is 3. The van der Waals surface area contributed by atoms with Gasteiger partial charge in [-0.3, -0.25) is 10.1 Å². The van der Waals surface area contributed by atoms with Gasteiger partial charge in [0.1, 0.15) is 16.9 Å². The lowest BCUT2D eigenvalue weighted by Crippen LogP contribution is -2.21. The molecule has 0 unspecified atom stereocenters. The van der Waals surface area contributed by atoms with E-state index in [-0.39, 0.29) is 17.2 Å². The Balaban J connectivity index is 2.03. The number of hydrogen-bond acceptors (Lipinski definition) is 5. The van der Waals surface area contributed by atoms with Gasteiger partial charge in [-0.2, -0.15) is 0 Å². The van der Waals surface area contributed by atoms with Gasteiger partial charge in [0, 0.05) is 21.5 Å². The fourth-order valence-corrected chi connectivity index (χ4v) is 3.69. The average Bonchev–Trinajstić information content (AvgIpc) is 3.06. The van der Waals surface area contributed by atoms with E-state index in [0.29, 0.717) is 16.9 Å². The van der Waals surface area contributed by atoms with Crippen LogP contribution in [0.2, 0.25) is 0 Å². The van der Waals surface area contributed by atoms with Crippen LogP contribution in [-0.4, -0.2) is 21.6 Å². The van der Waals surface area contributed by atoms with E-state index in [0.717, 1.165) is 21.5 Å². The number of benzene rings is 1. The minimum Gasteiger partial charge on any atom is -0.449 e. The molecule has 4 rings (SSSR count). The molecule has 3 heterocycles. The molecule has 7 heteroatoms. The molecule has 0 amide bonds. The molecule has 2 N–H and O–H groups in total. The van der Waals surface area contributed by atoms with Crippen LogP contribution in [0.1, 0.15) is 11.9 Å². The van der Waals surface area contributed by atoms with E-state index in [9.17, 15) is 4.79 Å². The van der Waals surface area contributed by atoms with Gasteiger partial charge < -0.3 is 9.40 Å². The summed E-state index contributed by atoms with van der Waals surface area (Å²) in [6, 6.07) is 5.74. The van der Waals surface area contributed by atoms with Gasteiger partial charge in [0.05, 0.1) is 6.04 Å². The van der Waals surface area contributed by atoms with Crippen molar-refractivity contribution in [1.82, 2.24) is 15.3 Å². The lowest BCUT2D eigenvalue weighted by Gasteiger charge is -2.07. The first-order valence-corrected chi connectivity index (χ1v) is 8.10. The summed E-state index contributed by atoms with van der Waals surface area (Å²) in [5.74, 6) is 2.47. The van der Waals surface area contributed by atoms with Crippen molar-refractivity contribution < 1.29 is 4.42 Å². The lowest BCUT2D eigenvalue weighted by atomic mass is 10.2. The van der Waals surface area contributed by atoms with Gasteiger partial charge in [0.15, 0.2) is 0 Å². The first kappa shape index (κ1) is 12.4. The number of thioether (sulfide) groups is 1. The number of H-pyrrole nitrogens is 1. The Kier molecular flexibility index (Phi) is 2.87. The number of nitrogens with zero attached hydrogens (tertiary/aromatic N) is 1. The molecule has 0 saturated carbocycles. The molecule has 0 bridgehead atoms. The highest BCUT2D eigenvalue weighted by Crippen LogP contribution is 2.29. The molecule has 0 radical (unpaired) electrons. The van der Waals surface area contributed by atoms with E-state index in [4.69, 9.17) is 4.42 Å². The summed E-state index contributed by atoms with van der Waals surface area (Å²) in [7, 11) is 0. The van der Waals surface area contributed by atoms with E-state index < -0.39 is 0 Å². The predicted octanol–water partition coefficient (Wildman–Crippen LogP) is 2.77. The molecule has 1 saturated heterocycles. The van der Waals surface area contributed by atoms with Crippen molar-refractivity contribution in [3.63, 3.8) is 0 Å². The zero-order valence-electron chi connectivity index (χ0n) is 10.3. The van der Waals surface area contributed by atoms with Crippen molar-refractivity contribution in [1.29, 1.82) is 0 Å². The van der Waals surface area contributed by atoms with Crippen LogP contribution < -0.4 is 10.9 Å². The zero-order chi connectivity index (χ0) is 13.7. The third-order valence-electron chi connectivity index (χ3n) is 3.35. The predicted molar refractivity (Wildman–Crippen MR) is 83.0 cm³/mol. The van der Waals surface area contributed by atoms with Crippen LogP contribution in [-0.2, 0) is 0 Å². The van der Waals surface area contributed by atoms with Crippen LogP contribution in [0, 0.1) is 0 Å². The van der Waals surface area contributed by atoms with E-state index in [1.807, 2.05) is 18.2 Å². The summed E-state index contributed by atoms with van der Waals surface area (Å²) in [4.78, 5) is 19.6. The first-order chi connectivity index (χ1) is 9.72. The maximum atomic E-state index is 12.2. The summed E-state index contributed by atoms with van der Waals surface area (Å²) in [5, 5.41) is 4.16. The quantitative estimate of drug-likeness (QED) is 0.705. The summed E-state index contributed by atoms with van der Waals surface area (Å²) in [6.45, 7) is 0. The van der Waals surface area contributed by atoms with Crippen molar-refractivity contribution in [2.24, 2.45) is 0 Å². The highest BCUT2D eigenvalue weighted by atomic mass is 79.9. The Morgan fingerprint density at radius 3 is 3.15 bits per heavy atom. The summed E-state index contributed by atoms with van der Waals surface area (Å²) in [5.41, 5.74) is 1.36. The summed E-state index contributed by atoms with van der Waals surface area (Å²) >= 11 is 5.23. The summed E-state index contributed by atoms with van der Waals surface area (Å²) in [6.07, 6.45) is 0. The fraction of sp³-hybridized carbons (Fsp3) is 0.231. The second-order valence-corrected chi connectivity index (χ2v) is 6.59. The van der Waals surface area contributed by atoms with Crippen molar-refractivity contribution in [3.8, 4) is 0 Å². The highest BCUT2D eigenvalue weighted by molar-refractivity contribution is 9.10. The van der Waals surface area contributed by atoms with Crippen LogP contribution in [0.3, 0.4) is 0 Å². The minimum atomic E-state index is -0.226. The Morgan fingerprint density at radius 2 is 2.35 bits per heavy atom. The summed E-state index contributed by atoms with van der Waals surface area (Å²) < 4.78 is 6.54. The van der Waals surface area contributed by atoms with Crippen LogP contribution in [0.4, 0.5) is 0 Å². The van der Waals surface area contributed by atoms with Crippen LogP contribution in [0.25, 0.3) is 22.1 Å². The molecular formula is C13H10BrN3O2S. The zero-order valence-corrected chi connectivity index (χ0v) is 12.7. The van der Waals surface area contributed by atoms with Gasteiger partial charge in [0.2, 0.25) is 5.58 Å². The number of rotatable bonds is 1. The largest absolute Gasteiger partial charge is 0.449 e. The second-order valence-electron chi connectivity index (χ2n) is 4.64. The third-order valence-corrected chi connectivity index (χ3v) is 4.78. The van der Waals surface area contributed by atoms with E-state index >= 15 is 0 Å². The normalized spacial score (nSPS) is 19.1. The maximum absolute atomic E-state index is 12.2. The van der Waals surface area contributed by atoms with E-state index in [2.05, 4.69) is 31.2 Å². The molecule has 20 heavy (non-hydrogen) atoms. The average molecular weight is 352 g/mol. The smallest absolute Gasteiger partial charge is 0.294 e. The van der Waals surface area contributed by atoms with Gasteiger partial charge in [0.25, 0.3) is 5.56 Å². The molecule has 0 aliphatic carbocycles. The van der Waals surface area contributed by atoms with Gasteiger partial charge >= 0.3 is 0 Å². The van der Waals surface area contributed by atoms with Crippen LogP contribution in [0.15, 0.2) is 31.9 Å². The van der Waals surface area contributed by atoms with Gasteiger partial charge in [-0.05, 0) is 18.2 Å². The SMILES string of the molecule is O=c1[nH]c([C@@H]2CSCN2)nc2c1oc1ccc(Br)cc12. The van der Waals surface area contributed by atoms with Gasteiger partial charge in [-0.25, -0.2) is 4.98 Å². The molecule has 0 spiro atoms. The molecule has 1 aromatic carbocycles. The maximum Gasteiger partial charge on any atom is 0.294 e. The first-order valence-electron chi connectivity index (χ1n) is 6.15. The van der Waals surface area contributed by atoms with Crippen LogP contribution in [0.5, 0.6) is 0 Å². The number of aromatic amines is 1. The Bertz CT molecular complexity index is 867. The fourth-order valence-electron chi connectivity index (χ4n) is 2.38. The number of nitrogens with one attached hydrogen (secondary N) is 2. The minimum absolute atomic E-state index is 0.0919. The molecule has 2 aromatic heterocycles.